The van der Waals surface area contributed by atoms with Gasteiger partial charge in [-0.2, -0.15) is 0 Å². The zero-order chi connectivity index (χ0) is 16.2. The third-order valence-electron chi connectivity index (χ3n) is 5.67. The lowest BCUT2D eigenvalue weighted by molar-refractivity contribution is -0.137. The van der Waals surface area contributed by atoms with Crippen LogP contribution in [0.25, 0.3) is 0 Å². The van der Waals surface area contributed by atoms with Crippen LogP contribution in [0.4, 0.5) is 4.79 Å². The summed E-state index contributed by atoms with van der Waals surface area (Å²) in [6.07, 6.45) is 7.47. The van der Waals surface area contributed by atoms with Gasteiger partial charge in [0, 0.05) is 38.8 Å². The van der Waals surface area contributed by atoms with E-state index in [1.165, 1.54) is 12.8 Å². The first-order chi connectivity index (χ1) is 11.1. The lowest BCUT2D eigenvalue weighted by atomic mass is 9.96. The highest BCUT2D eigenvalue weighted by atomic mass is 16.2. The van der Waals surface area contributed by atoms with Crippen LogP contribution in [-0.2, 0) is 4.79 Å². The normalized spacial score (nSPS) is 28.8. The fraction of sp³-hybridized carbons (Fsp3) is 0.882. The van der Waals surface area contributed by atoms with Crippen LogP contribution in [0.2, 0.25) is 0 Å². The average molecular weight is 322 g/mol. The summed E-state index contributed by atoms with van der Waals surface area (Å²) in [6.45, 7) is 3.22. The fourth-order valence-electron chi connectivity index (χ4n) is 4.14. The maximum Gasteiger partial charge on any atom is 0.317 e. The Balaban J connectivity index is 1.52. The Hall–Kier alpha value is -1.30. The molecule has 1 saturated carbocycles. The van der Waals surface area contributed by atoms with Crippen molar-refractivity contribution in [2.24, 2.45) is 5.92 Å². The molecule has 0 aromatic rings. The Kier molecular flexibility index (Phi) is 5.41. The summed E-state index contributed by atoms with van der Waals surface area (Å²) in [5.74, 6) is 0.167. The zero-order valence-electron chi connectivity index (χ0n) is 14.2. The first kappa shape index (κ1) is 16.6. The summed E-state index contributed by atoms with van der Waals surface area (Å²) >= 11 is 0. The summed E-state index contributed by atoms with van der Waals surface area (Å²) in [7, 11) is 1.91. The van der Waals surface area contributed by atoms with Crippen LogP contribution >= 0.6 is 0 Å². The van der Waals surface area contributed by atoms with Crippen molar-refractivity contribution in [1.82, 2.24) is 20.4 Å². The minimum absolute atomic E-state index is 0.0274. The third kappa shape index (κ3) is 3.97. The maximum absolute atomic E-state index is 12.7. The molecular weight excluding hydrogens is 292 g/mol. The molecule has 0 bridgehead atoms. The summed E-state index contributed by atoms with van der Waals surface area (Å²) in [6, 6.07) is 0.676. The van der Waals surface area contributed by atoms with Crippen molar-refractivity contribution in [2.75, 3.05) is 33.2 Å². The van der Waals surface area contributed by atoms with E-state index in [0.717, 1.165) is 51.7 Å². The van der Waals surface area contributed by atoms with Crippen molar-refractivity contribution in [2.45, 2.75) is 57.0 Å². The Morgan fingerprint density at radius 2 is 1.91 bits per heavy atom. The van der Waals surface area contributed by atoms with Gasteiger partial charge < -0.3 is 20.4 Å². The summed E-state index contributed by atoms with van der Waals surface area (Å²) < 4.78 is 0. The van der Waals surface area contributed by atoms with Gasteiger partial charge >= 0.3 is 6.03 Å². The molecule has 6 nitrogen and oxygen atoms in total. The van der Waals surface area contributed by atoms with E-state index in [1.54, 1.807) is 0 Å². The van der Waals surface area contributed by atoms with E-state index in [2.05, 4.69) is 10.6 Å². The molecule has 2 atom stereocenters. The van der Waals surface area contributed by atoms with Crippen LogP contribution in [0.3, 0.4) is 0 Å². The SMILES string of the molecule is CN(C(=O)C1CCCN(C(=O)NC2CCCC2)C1)C1CCNC1. The largest absolute Gasteiger partial charge is 0.341 e. The van der Waals surface area contributed by atoms with Crippen molar-refractivity contribution in [3.8, 4) is 0 Å². The van der Waals surface area contributed by atoms with Gasteiger partial charge in [-0.15, -0.1) is 0 Å². The predicted molar refractivity (Wildman–Crippen MR) is 89.1 cm³/mol. The lowest BCUT2D eigenvalue weighted by Crippen LogP contribution is -2.52. The second-order valence-electron chi connectivity index (χ2n) is 7.31. The molecular formula is C17H30N4O2. The molecule has 1 aliphatic carbocycles. The van der Waals surface area contributed by atoms with Gasteiger partial charge in [0.15, 0.2) is 0 Å². The highest BCUT2D eigenvalue weighted by Crippen LogP contribution is 2.22. The van der Waals surface area contributed by atoms with E-state index in [-0.39, 0.29) is 17.9 Å². The minimum atomic E-state index is -0.0383. The zero-order valence-corrected chi connectivity index (χ0v) is 14.2. The molecule has 3 aliphatic rings. The van der Waals surface area contributed by atoms with Crippen molar-refractivity contribution in [3.05, 3.63) is 0 Å². The molecule has 0 aromatic carbocycles. The monoisotopic (exact) mass is 322 g/mol. The van der Waals surface area contributed by atoms with Gasteiger partial charge in [-0.05, 0) is 38.6 Å². The number of hydrogen-bond donors (Lipinski definition) is 2. The lowest BCUT2D eigenvalue weighted by Gasteiger charge is -2.36. The van der Waals surface area contributed by atoms with Gasteiger partial charge in [-0.3, -0.25) is 4.79 Å². The van der Waals surface area contributed by atoms with E-state index in [0.29, 0.717) is 18.6 Å². The smallest absolute Gasteiger partial charge is 0.317 e. The molecule has 3 amide bonds. The Bertz CT molecular complexity index is 430. The number of urea groups is 1. The quantitative estimate of drug-likeness (QED) is 0.820. The summed E-state index contributed by atoms with van der Waals surface area (Å²) in [4.78, 5) is 28.9. The maximum atomic E-state index is 12.7. The number of carbonyl (C=O) groups excluding carboxylic acids is 2. The van der Waals surface area contributed by atoms with Crippen molar-refractivity contribution >= 4 is 11.9 Å². The molecule has 2 heterocycles. The predicted octanol–water partition coefficient (Wildman–Crippen LogP) is 1.17. The van der Waals surface area contributed by atoms with Gasteiger partial charge in [0.1, 0.15) is 0 Å². The summed E-state index contributed by atoms with van der Waals surface area (Å²) in [5, 5.41) is 6.45. The molecule has 3 rings (SSSR count). The molecule has 0 aromatic heterocycles. The van der Waals surface area contributed by atoms with Crippen molar-refractivity contribution in [3.63, 3.8) is 0 Å². The molecule has 0 radical (unpaired) electrons. The van der Waals surface area contributed by atoms with Gasteiger partial charge in [0.05, 0.1) is 5.92 Å². The fourth-order valence-corrected chi connectivity index (χ4v) is 4.14. The van der Waals surface area contributed by atoms with E-state index < -0.39 is 0 Å². The van der Waals surface area contributed by atoms with Crippen LogP contribution in [-0.4, -0.2) is 67.0 Å². The van der Waals surface area contributed by atoms with Gasteiger partial charge in [-0.1, -0.05) is 12.8 Å². The van der Waals surface area contributed by atoms with Gasteiger partial charge in [0.25, 0.3) is 0 Å². The molecule has 2 N–H and O–H groups in total. The molecule has 2 aliphatic heterocycles. The molecule has 3 fully saturated rings. The number of piperidine rings is 1. The van der Waals surface area contributed by atoms with Crippen molar-refractivity contribution in [1.29, 1.82) is 0 Å². The molecule has 6 heteroatoms. The molecule has 0 spiro atoms. The number of nitrogens with zero attached hydrogens (tertiary/aromatic N) is 2. The third-order valence-corrected chi connectivity index (χ3v) is 5.67. The topological polar surface area (TPSA) is 64.7 Å². The highest BCUT2D eigenvalue weighted by Gasteiger charge is 2.33. The molecule has 130 valence electrons. The highest BCUT2D eigenvalue weighted by molar-refractivity contribution is 5.81. The van der Waals surface area contributed by atoms with Crippen LogP contribution in [0.1, 0.15) is 44.9 Å². The number of rotatable bonds is 3. The van der Waals surface area contributed by atoms with E-state index in [9.17, 15) is 9.59 Å². The number of amides is 3. The Morgan fingerprint density at radius 1 is 1.13 bits per heavy atom. The van der Waals surface area contributed by atoms with Crippen molar-refractivity contribution < 1.29 is 9.59 Å². The van der Waals surface area contributed by atoms with Crippen LogP contribution in [0.5, 0.6) is 0 Å². The standard InChI is InChI=1S/C17H30N4O2/c1-20(15-8-9-18-11-15)16(22)13-5-4-10-21(12-13)17(23)19-14-6-2-3-7-14/h13-15,18H,2-12H2,1H3,(H,19,23). The first-order valence-corrected chi connectivity index (χ1v) is 9.18. The minimum Gasteiger partial charge on any atom is -0.341 e. The number of nitrogens with one attached hydrogen (secondary N) is 2. The summed E-state index contributed by atoms with van der Waals surface area (Å²) in [5.41, 5.74) is 0. The second kappa shape index (κ2) is 7.51. The van der Waals surface area contributed by atoms with Gasteiger partial charge in [-0.25, -0.2) is 4.79 Å². The first-order valence-electron chi connectivity index (χ1n) is 9.18. The number of likely N-dealkylation sites (tertiary alicyclic amines) is 1. The Morgan fingerprint density at radius 3 is 2.61 bits per heavy atom. The van der Waals surface area contributed by atoms with Crippen LogP contribution < -0.4 is 10.6 Å². The molecule has 23 heavy (non-hydrogen) atoms. The average Bonchev–Trinajstić information content (AvgIpc) is 3.27. The van der Waals surface area contributed by atoms with E-state index in [4.69, 9.17) is 0 Å². The van der Waals surface area contributed by atoms with Crippen LogP contribution in [0.15, 0.2) is 0 Å². The van der Waals surface area contributed by atoms with Gasteiger partial charge in [0.2, 0.25) is 5.91 Å². The number of carbonyl (C=O) groups is 2. The van der Waals surface area contributed by atoms with E-state index >= 15 is 0 Å². The number of likely N-dealkylation sites (N-methyl/N-ethyl adjacent to an activating group) is 1. The molecule has 2 unspecified atom stereocenters. The molecule has 2 saturated heterocycles. The van der Waals surface area contributed by atoms with Crippen LogP contribution in [0, 0.1) is 5.92 Å². The Labute approximate surface area is 139 Å². The van der Waals surface area contributed by atoms with E-state index in [1.807, 2.05) is 16.8 Å². The second-order valence-corrected chi connectivity index (χ2v) is 7.31. The number of hydrogen-bond acceptors (Lipinski definition) is 3.